The van der Waals surface area contributed by atoms with E-state index < -0.39 is 0 Å². The monoisotopic (exact) mass is 155 g/mol. The molecule has 0 aliphatic rings. The predicted molar refractivity (Wildman–Crippen MR) is 42.4 cm³/mol. The molecule has 0 bridgehead atoms. The molecular formula is C4H13NOS2. The maximum absolute atomic E-state index is 4.97. The van der Waals surface area contributed by atoms with E-state index >= 15 is 0 Å². The summed E-state index contributed by atoms with van der Waals surface area (Å²) >= 11 is 2.99. The Morgan fingerprint density at radius 1 is 1.12 bits per heavy atom. The Labute approximate surface area is 59.7 Å². The molecule has 0 saturated heterocycles. The van der Waals surface area contributed by atoms with E-state index in [9.17, 15) is 0 Å². The first-order valence-corrected chi connectivity index (χ1v) is 4.15. The van der Waals surface area contributed by atoms with Gasteiger partial charge in [0.2, 0.25) is 0 Å². The lowest BCUT2D eigenvalue weighted by Crippen LogP contribution is -1.68. The van der Waals surface area contributed by atoms with Crippen LogP contribution < -0.4 is 6.15 Å². The highest BCUT2D eigenvalue weighted by atomic mass is 32.2. The van der Waals surface area contributed by atoms with Crippen molar-refractivity contribution in [2.75, 3.05) is 11.5 Å². The minimum atomic E-state index is 0. The lowest BCUT2D eigenvalue weighted by atomic mass is 11.0. The molecule has 0 saturated carbocycles. The summed E-state index contributed by atoms with van der Waals surface area (Å²) in [5.41, 5.74) is 0. The van der Waals surface area contributed by atoms with Crippen LogP contribution in [0.25, 0.3) is 0 Å². The van der Waals surface area contributed by atoms with Gasteiger partial charge in [0.1, 0.15) is 0 Å². The zero-order valence-corrected chi connectivity index (χ0v) is 6.98. The summed E-state index contributed by atoms with van der Waals surface area (Å²) in [6.07, 6.45) is 0. The van der Waals surface area contributed by atoms with Gasteiger partial charge in [-0.2, -0.15) is 0 Å². The Balaban J connectivity index is 0. The quantitative estimate of drug-likeness (QED) is 0.500. The first-order valence-electron chi connectivity index (χ1n) is 2.32. The van der Waals surface area contributed by atoms with Crippen LogP contribution in [-0.2, 0) is 3.63 Å². The molecule has 0 atom stereocenters. The average molecular weight is 155 g/mol. The Hall–Kier alpha value is 0.620. The molecule has 0 unspecified atom stereocenters. The fourth-order valence-electron chi connectivity index (χ4n) is 0.130. The molecule has 2 nitrogen and oxygen atoms in total. The maximum atomic E-state index is 4.97. The van der Waals surface area contributed by atoms with Crippen molar-refractivity contribution in [3.63, 3.8) is 0 Å². The van der Waals surface area contributed by atoms with Crippen molar-refractivity contribution >= 4 is 24.1 Å². The molecule has 4 heteroatoms. The van der Waals surface area contributed by atoms with E-state index in [1.165, 1.54) is 24.1 Å². The van der Waals surface area contributed by atoms with Crippen LogP contribution in [0.5, 0.6) is 0 Å². The highest BCUT2D eigenvalue weighted by Crippen LogP contribution is 2.12. The zero-order valence-electron chi connectivity index (χ0n) is 5.35. The molecular weight excluding hydrogens is 142 g/mol. The van der Waals surface area contributed by atoms with Gasteiger partial charge < -0.3 is 6.15 Å². The van der Waals surface area contributed by atoms with E-state index in [1.54, 1.807) is 0 Å². The minimum Gasteiger partial charge on any atom is -0.344 e. The maximum Gasteiger partial charge on any atom is 0.0182 e. The number of hydrogen-bond acceptors (Lipinski definition) is 4. The molecule has 8 heavy (non-hydrogen) atoms. The van der Waals surface area contributed by atoms with Crippen molar-refractivity contribution in [2.45, 2.75) is 13.8 Å². The van der Waals surface area contributed by atoms with E-state index in [4.69, 9.17) is 3.63 Å². The molecule has 0 amide bonds. The van der Waals surface area contributed by atoms with Crippen LogP contribution in [0.4, 0.5) is 0 Å². The highest BCUT2D eigenvalue weighted by molar-refractivity contribution is 8.07. The predicted octanol–water partition coefficient (Wildman–Crippen LogP) is 2.50. The Bertz CT molecular complexity index is 33.2. The second-order valence-electron chi connectivity index (χ2n) is 0.881. The van der Waals surface area contributed by atoms with Crippen LogP contribution in [-0.4, -0.2) is 11.5 Å². The standard InChI is InChI=1S/C4H10OS2.H3N/c1-3-6-5-7-4-2;/h3-4H2,1-2H3;1H3. The molecule has 0 fully saturated rings. The summed E-state index contributed by atoms with van der Waals surface area (Å²) < 4.78 is 4.97. The van der Waals surface area contributed by atoms with Crippen LogP contribution >= 0.6 is 24.1 Å². The Morgan fingerprint density at radius 2 is 1.50 bits per heavy atom. The SMILES string of the molecule is CCSOSCC.N. The molecule has 0 radical (unpaired) electrons. The Kier molecular flexibility index (Phi) is 15.1. The van der Waals surface area contributed by atoms with Gasteiger partial charge in [0.25, 0.3) is 0 Å². The van der Waals surface area contributed by atoms with Gasteiger partial charge in [-0.05, 0) is 0 Å². The molecule has 0 spiro atoms. The fraction of sp³-hybridized carbons (Fsp3) is 1.00. The molecule has 0 aliphatic heterocycles. The van der Waals surface area contributed by atoms with Gasteiger partial charge in [-0.15, -0.1) is 0 Å². The number of rotatable bonds is 4. The summed E-state index contributed by atoms with van der Waals surface area (Å²) in [6.45, 7) is 4.14. The molecule has 0 rings (SSSR count). The van der Waals surface area contributed by atoms with Crippen molar-refractivity contribution in [1.82, 2.24) is 6.15 Å². The van der Waals surface area contributed by atoms with Gasteiger partial charge in [-0.1, -0.05) is 13.8 Å². The van der Waals surface area contributed by atoms with Gasteiger partial charge in [0, 0.05) is 35.6 Å². The fourth-order valence-corrected chi connectivity index (χ4v) is 1.17. The molecule has 0 aromatic heterocycles. The number of hydrogen-bond donors (Lipinski definition) is 1. The third kappa shape index (κ3) is 9.80. The summed E-state index contributed by atoms with van der Waals surface area (Å²) in [5, 5.41) is 0. The topological polar surface area (TPSA) is 44.2 Å². The van der Waals surface area contributed by atoms with Gasteiger partial charge in [-0.3, -0.25) is 0 Å². The average Bonchev–Trinajstić information content (AvgIpc) is 1.69. The largest absolute Gasteiger partial charge is 0.344 e. The van der Waals surface area contributed by atoms with E-state index in [-0.39, 0.29) is 6.15 Å². The van der Waals surface area contributed by atoms with Crippen LogP contribution in [0.2, 0.25) is 0 Å². The smallest absolute Gasteiger partial charge is 0.0182 e. The summed E-state index contributed by atoms with van der Waals surface area (Å²) in [5.74, 6) is 2.07. The van der Waals surface area contributed by atoms with Crippen molar-refractivity contribution in [1.29, 1.82) is 0 Å². The molecule has 3 N–H and O–H groups in total. The van der Waals surface area contributed by atoms with E-state index in [0.29, 0.717) is 0 Å². The minimum absolute atomic E-state index is 0. The first-order chi connectivity index (χ1) is 3.41. The van der Waals surface area contributed by atoms with Gasteiger partial charge >= 0.3 is 0 Å². The Morgan fingerprint density at radius 3 is 1.75 bits per heavy atom. The van der Waals surface area contributed by atoms with Crippen molar-refractivity contribution in [3.8, 4) is 0 Å². The van der Waals surface area contributed by atoms with Crippen LogP contribution in [0.3, 0.4) is 0 Å². The van der Waals surface area contributed by atoms with Crippen molar-refractivity contribution < 1.29 is 3.63 Å². The summed E-state index contributed by atoms with van der Waals surface area (Å²) in [7, 11) is 0. The molecule has 52 valence electrons. The van der Waals surface area contributed by atoms with Crippen LogP contribution in [0.15, 0.2) is 0 Å². The molecule has 0 heterocycles. The van der Waals surface area contributed by atoms with Gasteiger partial charge in [0.05, 0.1) is 0 Å². The second kappa shape index (κ2) is 10.6. The van der Waals surface area contributed by atoms with Gasteiger partial charge in [0.15, 0.2) is 0 Å². The molecule has 0 aliphatic carbocycles. The lowest BCUT2D eigenvalue weighted by Gasteiger charge is -1.91. The second-order valence-corrected chi connectivity index (χ2v) is 3.05. The van der Waals surface area contributed by atoms with Crippen LogP contribution in [0.1, 0.15) is 13.8 Å². The van der Waals surface area contributed by atoms with Gasteiger partial charge in [-0.25, -0.2) is 3.63 Å². The summed E-state index contributed by atoms with van der Waals surface area (Å²) in [6, 6.07) is 0. The normalized spacial score (nSPS) is 8.25. The van der Waals surface area contributed by atoms with Crippen molar-refractivity contribution in [2.24, 2.45) is 0 Å². The third-order valence-corrected chi connectivity index (χ3v) is 1.57. The van der Waals surface area contributed by atoms with E-state index in [0.717, 1.165) is 11.5 Å². The highest BCUT2D eigenvalue weighted by Gasteiger charge is 1.80. The lowest BCUT2D eigenvalue weighted by molar-refractivity contribution is 0.759. The van der Waals surface area contributed by atoms with E-state index in [2.05, 4.69) is 13.8 Å². The summed E-state index contributed by atoms with van der Waals surface area (Å²) in [4.78, 5) is 0. The van der Waals surface area contributed by atoms with Crippen LogP contribution in [0, 0.1) is 0 Å². The van der Waals surface area contributed by atoms with Crippen molar-refractivity contribution in [3.05, 3.63) is 0 Å². The third-order valence-electron chi connectivity index (χ3n) is 0.332. The molecule has 0 aromatic carbocycles. The molecule has 0 aromatic rings. The first kappa shape index (κ1) is 11.4. The zero-order chi connectivity index (χ0) is 5.54. The van der Waals surface area contributed by atoms with E-state index in [1.807, 2.05) is 0 Å².